The number of carbonyl (C=O) groups is 1. The summed E-state index contributed by atoms with van der Waals surface area (Å²) in [5, 5.41) is 16.1. The maximum Gasteiger partial charge on any atom is 0.264 e. The first-order valence-corrected chi connectivity index (χ1v) is 8.78. The normalized spacial score (nSPS) is 16.4. The number of aromatic hydroxyl groups is 1. The summed E-state index contributed by atoms with van der Waals surface area (Å²) < 4.78 is 1.41. The van der Waals surface area contributed by atoms with Crippen molar-refractivity contribution in [3.63, 3.8) is 0 Å². The lowest BCUT2D eigenvalue weighted by Gasteiger charge is -2.21. The number of nitrogens with zero attached hydrogens (tertiary/aromatic N) is 4. The molecule has 9 heteroatoms. The zero-order valence-corrected chi connectivity index (χ0v) is 16.4. The van der Waals surface area contributed by atoms with E-state index in [0.717, 1.165) is 11.3 Å². The van der Waals surface area contributed by atoms with Gasteiger partial charge in [0.25, 0.3) is 5.56 Å². The van der Waals surface area contributed by atoms with Gasteiger partial charge in [-0.2, -0.15) is 5.10 Å². The number of amides is 1. The summed E-state index contributed by atoms with van der Waals surface area (Å²) in [7, 11) is 5.45. The Kier molecular flexibility index (Phi) is 4.88. The van der Waals surface area contributed by atoms with Crippen LogP contribution in [0.25, 0.3) is 0 Å². The lowest BCUT2D eigenvalue weighted by Crippen LogP contribution is -2.24. The number of nitrogens with one attached hydrogen (secondary N) is 1. The van der Waals surface area contributed by atoms with Gasteiger partial charge in [-0.25, -0.2) is 5.01 Å². The van der Waals surface area contributed by atoms with E-state index in [1.807, 2.05) is 43.3 Å². The highest BCUT2D eigenvalue weighted by Gasteiger charge is 2.34. The summed E-state index contributed by atoms with van der Waals surface area (Å²) in [5.74, 6) is -0.513. The minimum atomic E-state index is -0.526. The summed E-state index contributed by atoms with van der Waals surface area (Å²) in [5.41, 5.74) is 1.78. The van der Waals surface area contributed by atoms with Crippen LogP contribution in [0, 0.1) is 4.77 Å². The highest BCUT2D eigenvalue weighted by atomic mass is 32.1. The number of benzene rings is 1. The van der Waals surface area contributed by atoms with Crippen molar-refractivity contribution in [1.29, 1.82) is 0 Å². The molecule has 1 aromatic carbocycles. The first-order valence-electron chi connectivity index (χ1n) is 8.38. The average molecular weight is 387 g/mol. The van der Waals surface area contributed by atoms with E-state index in [-0.39, 0.29) is 28.2 Å². The van der Waals surface area contributed by atoms with E-state index in [0.29, 0.717) is 12.1 Å². The fraction of sp³-hybridized carbons (Fsp3) is 0.333. The number of anilines is 1. The molecule has 0 aliphatic carbocycles. The molecule has 27 heavy (non-hydrogen) atoms. The van der Waals surface area contributed by atoms with Gasteiger partial charge in [0.2, 0.25) is 11.8 Å². The molecule has 1 aliphatic heterocycles. The molecule has 0 saturated carbocycles. The average Bonchev–Trinajstić information content (AvgIpc) is 3.05. The summed E-state index contributed by atoms with van der Waals surface area (Å²) in [4.78, 5) is 29.0. The number of hydrogen-bond acceptors (Lipinski definition) is 6. The molecule has 8 nitrogen and oxygen atoms in total. The van der Waals surface area contributed by atoms with Gasteiger partial charge in [-0.05, 0) is 29.9 Å². The monoisotopic (exact) mass is 387 g/mol. The molecule has 1 aromatic heterocycles. The zero-order valence-electron chi connectivity index (χ0n) is 15.6. The maximum atomic E-state index is 12.4. The van der Waals surface area contributed by atoms with E-state index in [9.17, 15) is 14.7 Å². The number of hydrogen-bond donors (Lipinski definition) is 2. The second-order valence-corrected chi connectivity index (χ2v) is 7.02. The molecular weight excluding hydrogens is 366 g/mol. The van der Waals surface area contributed by atoms with E-state index >= 15 is 0 Å². The predicted octanol–water partition coefficient (Wildman–Crippen LogP) is 1.91. The van der Waals surface area contributed by atoms with Crippen molar-refractivity contribution >= 4 is 29.5 Å². The Morgan fingerprint density at radius 2 is 1.96 bits per heavy atom. The second-order valence-electron chi connectivity index (χ2n) is 6.63. The molecule has 0 unspecified atom stereocenters. The van der Waals surface area contributed by atoms with Crippen molar-refractivity contribution in [2.45, 2.75) is 19.4 Å². The molecule has 1 amide bonds. The van der Waals surface area contributed by atoms with Gasteiger partial charge in [0.15, 0.2) is 4.77 Å². The lowest BCUT2D eigenvalue weighted by atomic mass is 9.99. The molecule has 2 heterocycles. The third kappa shape index (κ3) is 3.37. The van der Waals surface area contributed by atoms with Crippen molar-refractivity contribution < 1.29 is 9.90 Å². The van der Waals surface area contributed by atoms with Gasteiger partial charge in [-0.15, -0.1) is 0 Å². The Hall–Kier alpha value is -2.94. The van der Waals surface area contributed by atoms with Crippen LogP contribution in [-0.4, -0.2) is 45.4 Å². The summed E-state index contributed by atoms with van der Waals surface area (Å²) >= 11 is 5.00. The van der Waals surface area contributed by atoms with E-state index in [1.165, 1.54) is 16.5 Å². The molecule has 2 N–H and O–H groups in total. The quantitative estimate of drug-likeness (QED) is 0.785. The maximum absolute atomic E-state index is 12.4. The number of aromatic amines is 1. The van der Waals surface area contributed by atoms with Crippen LogP contribution in [0.2, 0.25) is 0 Å². The molecule has 0 saturated heterocycles. The zero-order chi connectivity index (χ0) is 19.9. The van der Waals surface area contributed by atoms with Crippen molar-refractivity contribution in [1.82, 2.24) is 14.6 Å². The third-order valence-electron chi connectivity index (χ3n) is 4.61. The lowest BCUT2D eigenvalue weighted by molar-refractivity contribution is -0.130. The van der Waals surface area contributed by atoms with Crippen molar-refractivity contribution in [3.05, 3.63) is 50.5 Å². The largest absolute Gasteiger partial charge is 0.494 e. The van der Waals surface area contributed by atoms with Gasteiger partial charge < -0.3 is 10.0 Å². The van der Waals surface area contributed by atoms with Crippen LogP contribution in [0.3, 0.4) is 0 Å². The second kappa shape index (κ2) is 6.99. The number of aromatic nitrogens is 2. The number of hydrazone groups is 1. The molecule has 1 atom stereocenters. The number of rotatable bonds is 3. The summed E-state index contributed by atoms with van der Waals surface area (Å²) in [6.45, 7) is 1.42. The van der Waals surface area contributed by atoms with Gasteiger partial charge in [-0.3, -0.25) is 19.1 Å². The van der Waals surface area contributed by atoms with E-state index in [4.69, 9.17) is 12.2 Å². The molecular formula is C18H21N5O3S. The molecule has 0 bridgehead atoms. The molecule has 0 spiro atoms. The van der Waals surface area contributed by atoms with Gasteiger partial charge in [0.1, 0.15) is 5.56 Å². The van der Waals surface area contributed by atoms with Gasteiger partial charge in [0.05, 0.1) is 11.8 Å². The van der Waals surface area contributed by atoms with Crippen molar-refractivity contribution in [2.75, 3.05) is 19.0 Å². The topological polar surface area (TPSA) is 93.9 Å². The molecule has 0 radical (unpaired) electrons. The molecule has 1 aliphatic rings. The Bertz CT molecular complexity index is 1040. The van der Waals surface area contributed by atoms with Crippen molar-refractivity contribution in [3.8, 4) is 5.88 Å². The first-order chi connectivity index (χ1) is 12.7. The molecule has 3 rings (SSSR count). The smallest absolute Gasteiger partial charge is 0.264 e. The standard InChI is InChI=1S/C18H21N5O3S/c1-10(24)23-14(11-5-7-12(8-6-11)21(2)3)9-13(20-23)15-16(25)19-18(27)22(4)17(15)26/h5-8,14,26H,9H2,1-4H3,(H,19,25,27)/t14-/m0/s1. The number of carbonyl (C=O) groups excluding carboxylic acids is 1. The fourth-order valence-electron chi connectivity index (χ4n) is 3.07. The fourth-order valence-corrected chi connectivity index (χ4v) is 3.25. The van der Waals surface area contributed by atoms with E-state index in [2.05, 4.69) is 10.1 Å². The highest BCUT2D eigenvalue weighted by molar-refractivity contribution is 7.71. The van der Waals surface area contributed by atoms with Crippen LogP contribution < -0.4 is 10.5 Å². The molecule has 2 aromatic rings. The van der Waals surface area contributed by atoms with Crippen LogP contribution in [0.1, 0.15) is 30.5 Å². The van der Waals surface area contributed by atoms with Crippen LogP contribution in [0.4, 0.5) is 5.69 Å². The van der Waals surface area contributed by atoms with Crippen LogP contribution in [-0.2, 0) is 11.8 Å². The van der Waals surface area contributed by atoms with Gasteiger partial charge >= 0.3 is 0 Å². The Morgan fingerprint density at radius 3 is 2.52 bits per heavy atom. The van der Waals surface area contributed by atoms with Gasteiger partial charge in [0, 0.05) is 40.2 Å². The third-order valence-corrected chi connectivity index (χ3v) is 4.99. The Labute approximate surface area is 161 Å². The number of H-pyrrole nitrogens is 1. The van der Waals surface area contributed by atoms with E-state index in [1.54, 1.807) is 7.05 Å². The van der Waals surface area contributed by atoms with Crippen LogP contribution in [0.15, 0.2) is 34.2 Å². The Morgan fingerprint density at radius 1 is 1.33 bits per heavy atom. The molecule has 0 fully saturated rings. The highest BCUT2D eigenvalue weighted by Crippen LogP contribution is 2.34. The van der Waals surface area contributed by atoms with Crippen LogP contribution in [0.5, 0.6) is 5.88 Å². The minimum Gasteiger partial charge on any atom is -0.494 e. The predicted molar refractivity (Wildman–Crippen MR) is 106 cm³/mol. The van der Waals surface area contributed by atoms with Crippen molar-refractivity contribution in [2.24, 2.45) is 12.1 Å². The SMILES string of the molecule is CC(=O)N1N=C(c2c(O)n(C)c(=S)[nH]c2=O)C[C@H]1c1ccc(N(C)C)cc1. The molecule has 142 valence electrons. The summed E-state index contributed by atoms with van der Waals surface area (Å²) in [6, 6.07) is 7.44. The van der Waals surface area contributed by atoms with Crippen LogP contribution >= 0.6 is 12.2 Å². The van der Waals surface area contributed by atoms with Gasteiger partial charge in [-0.1, -0.05) is 12.1 Å². The first kappa shape index (κ1) is 18.8. The Balaban J connectivity index is 2.03. The summed E-state index contributed by atoms with van der Waals surface area (Å²) in [6.07, 6.45) is 0.314. The van der Waals surface area contributed by atoms with E-state index < -0.39 is 5.56 Å². The minimum absolute atomic E-state index is 0.0322.